The van der Waals surface area contributed by atoms with Crippen LogP contribution in [0.25, 0.3) is 0 Å². The van der Waals surface area contributed by atoms with Crippen LogP contribution in [0.5, 0.6) is 0 Å². The molecular weight excluding hydrogens is 210 g/mol. The van der Waals surface area contributed by atoms with Crippen molar-refractivity contribution in [3.63, 3.8) is 0 Å². The average Bonchev–Trinajstić information content (AvgIpc) is 3.12. The fourth-order valence-electron chi connectivity index (χ4n) is 3.39. The molecule has 2 aliphatic rings. The smallest absolute Gasteiger partial charge is 0.0555 e. The number of aliphatic hydroxyl groups excluding tert-OH is 1. The maximum Gasteiger partial charge on any atom is 0.0555 e. The number of aliphatic hydroxyl groups is 1. The zero-order chi connectivity index (χ0) is 12.3. The molecule has 0 aromatic carbocycles. The molecule has 0 aromatic rings. The molecule has 17 heavy (non-hydrogen) atoms. The van der Waals surface area contributed by atoms with E-state index in [1.165, 1.54) is 45.1 Å². The van der Waals surface area contributed by atoms with Crippen LogP contribution in [0.2, 0.25) is 0 Å². The van der Waals surface area contributed by atoms with Gasteiger partial charge in [-0.05, 0) is 57.5 Å². The quantitative estimate of drug-likeness (QED) is 0.770. The summed E-state index contributed by atoms with van der Waals surface area (Å²) >= 11 is 0. The van der Waals surface area contributed by atoms with Gasteiger partial charge in [-0.3, -0.25) is 0 Å². The van der Waals surface area contributed by atoms with Crippen LogP contribution in [0.1, 0.15) is 58.3 Å². The third-order valence-corrected chi connectivity index (χ3v) is 4.74. The second-order valence-electron chi connectivity index (χ2n) is 6.30. The maximum atomic E-state index is 9.88. The summed E-state index contributed by atoms with van der Waals surface area (Å²) in [5, 5.41) is 9.88. The maximum absolute atomic E-state index is 9.88. The van der Waals surface area contributed by atoms with Crippen molar-refractivity contribution in [1.29, 1.82) is 0 Å². The lowest BCUT2D eigenvalue weighted by Gasteiger charge is -2.40. The van der Waals surface area contributed by atoms with Crippen molar-refractivity contribution in [2.45, 2.75) is 70.4 Å². The monoisotopic (exact) mass is 239 g/mol. The van der Waals surface area contributed by atoms with E-state index in [1.54, 1.807) is 0 Å². The first-order chi connectivity index (χ1) is 8.20. The van der Waals surface area contributed by atoms with Crippen molar-refractivity contribution in [2.24, 2.45) is 11.8 Å². The zero-order valence-electron chi connectivity index (χ0n) is 11.6. The molecule has 2 heteroatoms. The van der Waals surface area contributed by atoms with Crippen LogP contribution in [0.3, 0.4) is 0 Å². The van der Waals surface area contributed by atoms with Crippen LogP contribution >= 0.6 is 0 Å². The van der Waals surface area contributed by atoms with Crippen LogP contribution in [0.4, 0.5) is 0 Å². The van der Waals surface area contributed by atoms with Crippen LogP contribution in [-0.2, 0) is 0 Å². The molecule has 3 unspecified atom stereocenters. The van der Waals surface area contributed by atoms with Gasteiger partial charge in [0.2, 0.25) is 0 Å². The molecule has 2 rings (SSSR count). The van der Waals surface area contributed by atoms with Crippen molar-refractivity contribution in [2.75, 3.05) is 13.6 Å². The van der Waals surface area contributed by atoms with Crippen molar-refractivity contribution >= 4 is 0 Å². The van der Waals surface area contributed by atoms with Crippen LogP contribution in [-0.4, -0.2) is 35.7 Å². The Morgan fingerprint density at radius 2 is 1.88 bits per heavy atom. The Kier molecular flexibility index (Phi) is 4.87. The topological polar surface area (TPSA) is 23.5 Å². The molecule has 0 radical (unpaired) electrons. The highest BCUT2D eigenvalue weighted by Crippen LogP contribution is 2.35. The molecule has 2 aliphatic carbocycles. The Labute approximate surface area is 106 Å². The van der Waals surface area contributed by atoms with Gasteiger partial charge in [-0.2, -0.15) is 0 Å². The number of hydrogen-bond donors (Lipinski definition) is 1. The van der Waals surface area contributed by atoms with Gasteiger partial charge in [-0.25, -0.2) is 0 Å². The zero-order valence-corrected chi connectivity index (χ0v) is 11.6. The molecule has 0 bridgehead atoms. The summed E-state index contributed by atoms with van der Waals surface area (Å²) in [7, 11) is 2.27. The molecule has 0 aliphatic heterocycles. The summed E-state index contributed by atoms with van der Waals surface area (Å²) in [5.41, 5.74) is 0. The second-order valence-corrected chi connectivity index (χ2v) is 6.30. The van der Waals surface area contributed by atoms with Crippen molar-refractivity contribution in [1.82, 2.24) is 4.90 Å². The van der Waals surface area contributed by atoms with Crippen LogP contribution in [0, 0.1) is 11.8 Å². The normalized spacial score (nSPS) is 34.2. The van der Waals surface area contributed by atoms with E-state index in [2.05, 4.69) is 18.9 Å². The Morgan fingerprint density at radius 1 is 1.12 bits per heavy atom. The third kappa shape index (κ3) is 3.96. The summed E-state index contributed by atoms with van der Waals surface area (Å²) < 4.78 is 0. The fourth-order valence-corrected chi connectivity index (χ4v) is 3.39. The number of hydrogen-bond acceptors (Lipinski definition) is 2. The van der Waals surface area contributed by atoms with Crippen molar-refractivity contribution < 1.29 is 5.11 Å². The summed E-state index contributed by atoms with van der Waals surface area (Å²) in [5.74, 6) is 1.85. The predicted octanol–water partition coefficient (Wildman–Crippen LogP) is 3.05. The van der Waals surface area contributed by atoms with Crippen LogP contribution < -0.4 is 0 Å². The first-order valence-electron chi connectivity index (χ1n) is 7.59. The number of nitrogens with zero attached hydrogens (tertiary/aromatic N) is 1. The van der Waals surface area contributed by atoms with Gasteiger partial charge in [0.1, 0.15) is 0 Å². The summed E-state index contributed by atoms with van der Waals surface area (Å²) in [6, 6.07) is 0.637. The first kappa shape index (κ1) is 13.4. The van der Waals surface area contributed by atoms with E-state index >= 15 is 0 Å². The Morgan fingerprint density at radius 3 is 2.53 bits per heavy atom. The minimum atomic E-state index is -0.0449. The van der Waals surface area contributed by atoms with Gasteiger partial charge in [0.05, 0.1) is 6.10 Å². The van der Waals surface area contributed by atoms with E-state index < -0.39 is 0 Å². The highest BCUT2D eigenvalue weighted by Gasteiger charge is 2.32. The molecule has 0 saturated heterocycles. The molecule has 0 amide bonds. The lowest BCUT2D eigenvalue weighted by atomic mass is 9.79. The molecule has 100 valence electrons. The minimum absolute atomic E-state index is 0.0449. The molecule has 1 N–H and O–H groups in total. The van der Waals surface area contributed by atoms with E-state index in [4.69, 9.17) is 0 Å². The molecule has 2 saturated carbocycles. The van der Waals surface area contributed by atoms with E-state index in [0.717, 1.165) is 24.7 Å². The van der Waals surface area contributed by atoms with Gasteiger partial charge < -0.3 is 10.0 Å². The van der Waals surface area contributed by atoms with E-state index in [0.29, 0.717) is 6.04 Å². The van der Waals surface area contributed by atoms with E-state index in [-0.39, 0.29) is 6.10 Å². The summed E-state index contributed by atoms with van der Waals surface area (Å²) in [6.07, 6.45) is 10.1. The van der Waals surface area contributed by atoms with Gasteiger partial charge >= 0.3 is 0 Å². The SMILES string of the molecule is CCCC1CCC(O)CC1N(C)CCC1CC1. The molecule has 0 heterocycles. The van der Waals surface area contributed by atoms with Crippen LogP contribution in [0.15, 0.2) is 0 Å². The van der Waals surface area contributed by atoms with Gasteiger partial charge in [0.25, 0.3) is 0 Å². The third-order valence-electron chi connectivity index (χ3n) is 4.74. The molecule has 0 aromatic heterocycles. The fraction of sp³-hybridized carbons (Fsp3) is 1.00. The predicted molar refractivity (Wildman–Crippen MR) is 72.0 cm³/mol. The first-order valence-corrected chi connectivity index (χ1v) is 7.59. The molecule has 3 atom stereocenters. The average molecular weight is 239 g/mol. The Hall–Kier alpha value is -0.0800. The Balaban J connectivity index is 1.82. The van der Waals surface area contributed by atoms with Gasteiger partial charge in [-0.15, -0.1) is 0 Å². The van der Waals surface area contributed by atoms with Crippen molar-refractivity contribution in [3.8, 4) is 0 Å². The number of rotatable bonds is 6. The van der Waals surface area contributed by atoms with Crippen molar-refractivity contribution in [3.05, 3.63) is 0 Å². The molecule has 2 nitrogen and oxygen atoms in total. The van der Waals surface area contributed by atoms with E-state index in [1.807, 2.05) is 0 Å². The largest absolute Gasteiger partial charge is 0.393 e. The lowest BCUT2D eigenvalue weighted by Crippen LogP contribution is -2.44. The van der Waals surface area contributed by atoms with Gasteiger partial charge in [0.15, 0.2) is 0 Å². The summed E-state index contributed by atoms with van der Waals surface area (Å²) in [4.78, 5) is 2.54. The van der Waals surface area contributed by atoms with Gasteiger partial charge in [0, 0.05) is 6.04 Å². The molecule has 2 fully saturated rings. The molecule has 0 spiro atoms. The highest BCUT2D eigenvalue weighted by molar-refractivity contribution is 4.86. The summed E-state index contributed by atoms with van der Waals surface area (Å²) in [6.45, 7) is 3.52. The van der Waals surface area contributed by atoms with Gasteiger partial charge in [-0.1, -0.05) is 26.2 Å². The van der Waals surface area contributed by atoms with E-state index in [9.17, 15) is 5.11 Å². The second kappa shape index (κ2) is 6.19. The highest BCUT2D eigenvalue weighted by atomic mass is 16.3. The standard InChI is InChI=1S/C15H29NO/c1-3-4-13-7-8-14(17)11-15(13)16(2)10-9-12-5-6-12/h12-15,17H,3-11H2,1-2H3. The minimum Gasteiger partial charge on any atom is -0.393 e. The Bertz CT molecular complexity index is 227. The molecular formula is C15H29NO. The lowest BCUT2D eigenvalue weighted by molar-refractivity contribution is 0.0338.